The van der Waals surface area contributed by atoms with Crippen molar-refractivity contribution in [1.29, 1.82) is 0 Å². The van der Waals surface area contributed by atoms with Gasteiger partial charge in [0.1, 0.15) is 11.6 Å². The minimum atomic E-state index is -0.577. The number of halogens is 2. The Kier molecular flexibility index (Phi) is 3.26. The van der Waals surface area contributed by atoms with Crippen LogP contribution in [0.1, 0.15) is 25.2 Å². The summed E-state index contributed by atoms with van der Waals surface area (Å²) in [6, 6.07) is 1.49. The second kappa shape index (κ2) is 4.03. The van der Waals surface area contributed by atoms with E-state index in [2.05, 4.69) is 4.98 Å². The summed E-state index contributed by atoms with van der Waals surface area (Å²) in [6.07, 6.45) is 3.14. The van der Waals surface area contributed by atoms with Crippen molar-refractivity contribution < 1.29 is 4.39 Å². The zero-order chi connectivity index (χ0) is 11.2. The predicted molar refractivity (Wildman–Crippen MR) is 64.3 cm³/mol. The smallest absolute Gasteiger partial charge is 0.140 e. The van der Waals surface area contributed by atoms with Gasteiger partial charge in [-0.2, -0.15) is 0 Å². The summed E-state index contributed by atoms with van der Waals surface area (Å²) in [7, 11) is 0. The third-order valence-corrected chi connectivity index (χ3v) is 2.38. The Morgan fingerprint density at radius 1 is 1.44 bits per heavy atom. The first kappa shape index (κ1) is 12.9. The van der Waals surface area contributed by atoms with Crippen LogP contribution in [0.25, 0.3) is 5.52 Å². The Hall–Kier alpha value is -1.13. The maximum absolute atomic E-state index is 13.3. The van der Waals surface area contributed by atoms with E-state index in [1.807, 2.05) is 20.8 Å². The number of aromatic nitrogens is 2. The number of pyridine rings is 1. The number of aryl methyl sites for hydroxylation is 1. The first-order valence-corrected chi connectivity index (χ1v) is 4.82. The van der Waals surface area contributed by atoms with E-state index in [4.69, 9.17) is 5.73 Å². The van der Waals surface area contributed by atoms with Crippen LogP contribution in [-0.2, 0) is 5.54 Å². The van der Waals surface area contributed by atoms with Crippen molar-refractivity contribution in [3.05, 3.63) is 35.7 Å². The normalized spacial score (nSPS) is 11.6. The first-order chi connectivity index (χ1) is 6.89. The van der Waals surface area contributed by atoms with Crippen LogP contribution in [0.15, 0.2) is 18.5 Å². The summed E-state index contributed by atoms with van der Waals surface area (Å²) in [4.78, 5) is 4.24. The van der Waals surface area contributed by atoms with Gasteiger partial charge in [0.2, 0.25) is 0 Å². The van der Waals surface area contributed by atoms with Crippen molar-refractivity contribution in [2.45, 2.75) is 26.3 Å². The zero-order valence-corrected chi connectivity index (χ0v) is 10.3. The molecule has 0 aliphatic rings. The molecule has 2 aromatic heterocycles. The lowest BCUT2D eigenvalue weighted by atomic mass is 10.1. The summed E-state index contributed by atoms with van der Waals surface area (Å²) in [5.41, 5.74) is 7.14. The van der Waals surface area contributed by atoms with E-state index in [0.717, 1.165) is 11.1 Å². The molecule has 0 saturated carbocycles. The predicted octanol–water partition coefficient (Wildman–Crippen LogP) is 2.40. The van der Waals surface area contributed by atoms with Gasteiger partial charge >= 0.3 is 0 Å². The highest BCUT2D eigenvalue weighted by atomic mass is 35.5. The molecule has 2 heterocycles. The maximum atomic E-state index is 13.3. The van der Waals surface area contributed by atoms with Crippen molar-refractivity contribution >= 4 is 17.9 Å². The van der Waals surface area contributed by atoms with Gasteiger partial charge in [0.25, 0.3) is 0 Å². The molecule has 16 heavy (non-hydrogen) atoms. The molecular formula is C11H15ClFN3. The SMILES string of the molecule is Cc1cc(F)cn2c(C(C)(C)N)ncc12.Cl. The summed E-state index contributed by atoms with van der Waals surface area (Å²) in [5, 5.41) is 0. The number of nitrogens with two attached hydrogens (primary N) is 1. The van der Waals surface area contributed by atoms with Crippen molar-refractivity contribution in [2.24, 2.45) is 5.73 Å². The van der Waals surface area contributed by atoms with Crippen molar-refractivity contribution in [2.75, 3.05) is 0 Å². The van der Waals surface area contributed by atoms with Crippen LogP contribution in [0.2, 0.25) is 0 Å². The Balaban J connectivity index is 0.00000128. The Morgan fingerprint density at radius 2 is 2.06 bits per heavy atom. The van der Waals surface area contributed by atoms with Gasteiger partial charge in [-0.1, -0.05) is 0 Å². The van der Waals surface area contributed by atoms with Crippen LogP contribution in [-0.4, -0.2) is 9.38 Å². The quantitative estimate of drug-likeness (QED) is 0.836. The largest absolute Gasteiger partial charge is 0.319 e. The standard InChI is InChI=1S/C11H14FN3.ClH/c1-7-4-8(12)6-15-9(7)5-14-10(15)11(2,3)13;/h4-6H,13H2,1-3H3;1H. The molecule has 0 unspecified atom stereocenters. The number of hydrogen-bond donors (Lipinski definition) is 1. The molecule has 0 spiro atoms. The highest BCUT2D eigenvalue weighted by Gasteiger charge is 2.20. The second-order valence-corrected chi connectivity index (χ2v) is 4.40. The molecule has 0 fully saturated rings. The molecule has 2 rings (SSSR count). The van der Waals surface area contributed by atoms with Crippen molar-refractivity contribution in [3.8, 4) is 0 Å². The summed E-state index contributed by atoms with van der Waals surface area (Å²) < 4.78 is 15.0. The number of rotatable bonds is 1. The number of hydrogen-bond acceptors (Lipinski definition) is 2. The summed E-state index contributed by atoms with van der Waals surface area (Å²) in [5.74, 6) is 0.392. The molecule has 2 N–H and O–H groups in total. The van der Waals surface area contributed by atoms with E-state index in [1.165, 1.54) is 12.3 Å². The van der Waals surface area contributed by atoms with Gasteiger partial charge in [-0.05, 0) is 32.4 Å². The van der Waals surface area contributed by atoms with Gasteiger partial charge in [-0.15, -0.1) is 12.4 Å². The van der Waals surface area contributed by atoms with Gasteiger partial charge < -0.3 is 5.73 Å². The van der Waals surface area contributed by atoms with Crippen LogP contribution < -0.4 is 5.73 Å². The lowest BCUT2D eigenvalue weighted by molar-refractivity contribution is 0.508. The van der Waals surface area contributed by atoms with Crippen molar-refractivity contribution in [1.82, 2.24) is 9.38 Å². The van der Waals surface area contributed by atoms with Gasteiger partial charge in [0.05, 0.1) is 17.3 Å². The molecule has 0 saturated heterocycles. The first-order valence-electron chi connectivity index (χ1n) is 4.82. The lowest BCUT2D eigenvalue weighted by Gasteiger charge is -2.17. The molecule has 2 aromatic rings. The highest BCUT2D eigenvalue weighted by Crippen LogP contribution is 2.20. The Morgan fingerprint density at radius 3 is 2.62 bits per heavy atom. The topological polar surface area (TPSA) is 43.3 Å². The maximum Gasteiger partial charge on any atom is 0.140 e. The second-order valence-electron chi connectivity index (χ2n) is 4.40. The van der Waals surface area contributed by atoms with E-state index in [-0.39, 0.29) is 18.2 Å². The molecule has 0 atom stereocenters. The van der Waals surface area contributed by atoms with E-state index < -0.39 is 5.54 Å². The lowest BCUT2D eigenvalue weighted by Crippen LogP contribution is -2.31. The molecule has 5 heteroatoms. The minimum Gasteiger partial charge on any atom is -0.319 e. The number of nitrogens with zero attached hydrogens (tertiary/aromatic N) is 2. The Bertz CT molecular complexity index is 514. The molecule has 0 bridgehead atoms. The fraction of sp³-hybridized carbons (Fsp3) is 0.364. The van der Waals surface area contributed by atoms with Gasteiger partial charge in [0, 0.05) is 6.20 Å². The van der Waals surface area contributed by atoms with Crippen LogP contribution in [0.3, 0.4) is 0 Å². The average molecular weight is 244 g/mol. The monoisotopic (exact) mass is 243 g/mol. The van der Waals surface area contributed by atoms with Crippen LogP contribution in [0, 0.1) is 12.7 Å². The molecule has 88 valence electrons. The van der Waals surface area contributed by atoms with E-state index in [9.17, 15) is 4.39 Å². The van der Waals surface area contributed by atoms with Crippen LogP contribution >= 0.6 is 12.4 Å². The van der Waals surface area contributed by atoms with Gasteiger partial charge in [-0.3, -0.25) is 4.40 Å². The molecule has 3 nitrogen and oxygen atoms in total. The van der Waals surface area contributed by atoms with E-state index >= 15 is 0 Å². The molecule has 0 aliphatic carbocycles. The fourth-order valence-corrected chi connectivity index (χ4v) is 1.70. The number of imidazole rings is 1. The minimum absolute atomic E-state index is 0. The van der Waals surface area contributed by atoms with Crippen molar-refractivity contribution in [3.63, 3.8) is 0 Å². The fourth-order valence-electron chi connectivity index (χ4n) is 1.70. The zero-order valence-electron chi connectivity index (χ0n) is 9.49. The molecular weight excluding hydrogens is 229 g/mol. The summed E-state index contributed by atoms with van der Waals surface area (Å²) in [6.45, 7) is 5.55. The molecule has 0 aromatic carbocycles. The number of fused-ring (bicyclic) bond motifs is 1. The average Bonchev–Trinajstić information content (AvgIpc) is 2.45. The summed E-state index contributed by atoms with van der Waals surface area (Å²) >= 11 is 0. The van der Waals surface area contributed by atoms with Crippen LogP contribution in [0.5, 0.6) is 0 Å². The third-order valence-electron chi connectivity index (χ3n) is 2.38. The highest BCUT2D eigenvalue weighted by molar-refractivity contribution is 5.85. The molecule has 0 aliphatic heterocycles. The molecule has 0 radical (unpaired) electrons. The van der Waals surface area contributed by atoms with Gasteiger partial charge in [-0.25, -0.2) is 9.37 Å². The Labute approximate surface area is 99.9 Å². The van der Waals surface area contributed by atoms with E-state index in [1.54, 1.807) is 10.6 Å². The molecule has 0 amide bonds. The van der Waals surface area contributed by atoms with E-state index in [0.29, 0.717) is 5.82 Å². The van der Waals surface area contributed by atoms with Gasteiger partial charge in [0.15, 0.2) is 0 Å². The van der Waals surface area contributed by atoms with Crippen LogP contribution in [0.4, 0.5) is 4.39 Å². The third kappa shape index (κ3) is 2.03.